The monoisotopic (exact) mass is 212 g/mol. The molecular formula is C11H16O4. The maximum atomic E-state index is 11.2. The van der Waals surface area contributed by atoms with E-state index >= 15 is 0 Å². The predicted molar refractivity (Wildman–Crippen MR) is 52.5 cm³/mol. The Balaban J connectivity index is 2.26. The highest BCUT2D eigenvalue weighted by Crippen LogP contribution is 2.54. The zero-order chi connectivity index (χ0) is 11.1. The lowest BCUT2D eigenvalue weighted by atomic mass is 9.65. The lowest BCUT2D eigenvalue weighted by Gasteiger charge is -2.37. The average molecular weight is 212 g/mol. The Hall–Kier alpha value is -1.06. The summed E-state index contributed by atoms with van der Waals surface area (Å²) in [7, 11) is 0. The first-order valence-corrected chi connectivity index (χ1v) is 5.48. The van der Waals surface area contributed by atoms with Gasteiger partial charge in [0, 0.05) is 0 Å². The fraction of sp³-hybridized carbons (Fsp3) is 0.818. The van der Waals surface area contributed by atoms with Crippen LogP contribution in [0.1, 0.15) is 44.9 Å². The van der Waals surface area contributed by atoms with E-state index in [2.05, 4.69) is 0 Å². The third-order valence-corrected chi connectivity index (χ3v) is 4.38. The van der Waals surface area contributed by atoms with Crippen molar-refractivity contribution in [2.75, 3.05) is 0 Å². The summed E-state index contributed by atoms with van der Waals surface area (Å²) >= 11 is 0. The van der Waals surface area contributed by atoms with E-state index in [0.29, 0.717) is 38.5 Å². The van der Waals surface area contributed by atoms with Crippen molar-refractivity contribution < 1.29 is 19.8 Å². The van der Waals surface area contributed by atoms with Crippen molar-refractivity contribution in [1.29, 1.82) is 0 Å². The van der Waals surface area contributed by atoms with Gasteiger partial charge in [-0.3, -0.25) is 9.59 Å². The van der Waals surface area contributed by atoms with Crippen LogP contribution in [0.25, 0.3) is 0 Å². The van der Waals surface area contributed by atoms with Crippen LogP contribution in [0.15, 0.2) is 0 Å². The molecule has 0 heterocycles. The molecule has 3 aliphatic rings. The van der Waals surface area contributed by atoms with Crippen molar-refractivity contribution in [3.8, 4) is 0 Å². The number of rotatable bonds is 2. The van der Waals surface area contributed by atoms with E-state index in [1.54, 1.807) is 0 Å². The predicted octanol–water partition coefficient (Wildman–Crippen LogP) is 1.89. The average Bonchev–Trinajstić information content (AvgIpc) is 2.49. The van der Waals surface area contributed by atoms with E-state index in [1.165, 1.54) is 0 Å². The molecule has 2 bridgehead atoms. The zero-order valence-corrected chi connectivity index (χ0v) is 8.66. The second-order valence-corrected chi connectivity index (χ2v) is 5.02. The quantitative estimate of drug-likeness (QED) is 0.733. The van der Waals surface area contributed by atoms with Gasteiger partial charge in [0.05, 0.1) is 10.8 Å². The van der Waals surface area contributed by atoms with E-state index < -0.39 is 22.8 Å². The van der Waals surface area contributed by atoms with Crippen LogP contribution in [-0.2, 0) is 9.59 Å². The SMILES string of the molecule is O=C(O)C12CCCC(C(=O)O)(CC1)CC2. The molecule has 0 aromatic heterocycles. The third-order valence-electron chi connectivity index (χ3n) is 4.38. The van der Waals surface area contributed by atoms with Crippen LogP contribution in [-0.4, -0.2) is 22.2 Å². The van der Waals surface area contributed by atoms with Gasteiger partial charge in [-0.1, -0.05) is 6.42 Å². The highest BCUT2D eigenvalue weighted by Gasteiger charge is 2.52. The Kier molecular flexibility index (Phi) is 2.24. The van der Waals surface area contributed by atoms with Crippen molar-refractivity contribution in [3.63, 3.8) is 0 Å². The smallest absolute Gasteiger partial charge is 0.309 e. The molecule has 4 heteroatoms. The number of carboxylic acids is 2. The van der Waals surface area contributed by atoms with Gasteiger partial charge in [0.15, 0.2) is 0 Å². The molecule has 4 nitrogen and oxygen atoms in total. The highest BCUT2D eigenvalue weighted by molar-refractivity contribution is 5.78. The molecule has 84 valence electrons. The van der Waals surface area contributed by atoms with Gasteiger partial charge >= 0.3 is 11.9 Å². The summed E-state index contributed by atoms with van der Waals surface area (Å²) in [6, 6.07) is 0. The number of aliphatic carboxylic acids is 2. The maximum Gasteiger partial charge on any atom is 0.309 e. The van der Waals surface area contributed by atoms with Gasteiger partial charge in [-0.15, -0.1) is 0 Å². The maximum absolute atomic E-state index is 11.2. The van der Waals surface area contributed by atoms with E-state index in [9.17, 15) is 19.8 Å². The first kappa shape index (κ1) is 10.5. The zero-order valence-electron chi connectivity index (χ0n) is 8.66. The number of fused-ring (bicyclic) bond motifs is 4. The minimum atomic E-state index is -0.733. The Morgan fingerprint density at radius 3 is 1.33 bits per heavy atom. The van der Waals surface area contributed by atoms with Crippen molar-refractivity contribution in [2.45, 2.75) is 44.9 Å². The van der Waals surface area contributed by atoms with Crippen molar-refractivity contribution in [1.82, 2.24) is 0 Å². The molecule has 0 unspecified atom stereocenters. The summed E-state index contributed by atoms with van der Waals surface area (Å²) in [5.74, 6) is -1.47. The van der Waals surface area contributed by atoms with Gasteiger partial charge in [-0.2, -0.15) is 0 Å². The third kappa shape index (κ3) is 1.43. The summed E-state index contributed by atoms with van der Waals surface area (Å²) in [5.41, 5.74) is -1.23. The van der Waals surface area contributed by atoms with Crippen molar-refractivity contribution >= 4 is 11.9 Å². The first-order chi connectivity index (χ1) is 7.01. The van der Waals surface area contributed by atoms with Crippen LogP contribution in [0.4, 0.5) is 0 Å². The molecule has 3 rings (SSSR count). The van der Waals surface area contributed by atoms with E-state index in [-0.39, 0.29) is 0 Å². The molecule has 0 spiro atoms. The van der Waals surface area contributed by atoms with Gasteiger partial charge in [-0.25, -0.2) is 0 Å². The molecule has 0 atom stereocenters. The number of carbonyl (C=O) groups is 2. The van der Waals surface area contributed by atoms with Crippen molar-refractivity contribution in [2.24, 2.45) is 10.8 Å². The minimum Gasteiger partial charge on any atom is -0.481 e. The van der Waals surface area contributed by atoms with Crippen LogP contribution in [0.3, 0.4) is 0 Å². The molecule has 0 aromatic rings. The molecule has 15 heavy (non-hydrogen) atoms. The Morgan fingerprint density at radius 2 is 1.07 bits per heavy atom. The summed E-state index contributed by atoms with van der Waals surface area (Å²) in [6.07, 6.45) is 4.18. The fourth-order valence-corrected chi connectivity index (χ4v) is 3.11. The van der Waals surface area contributed by atoms with E-state index in [0.717, 1.165) is 6.42 Å². The lowest BCUT2D eigenvalue weighted by molar-refractivity contribution is -0.159. The van der Waals surface area contributed by atoms with Crippen LogP contribution in [0, 0.1) is 10.8 Å². The van der Waals surface area contributed by atoms with Crippen LogP contribution in [0.5, 0.6) is 0 Å². The van der Waals surface area contributed by atoms with Gasteiger partial charge in [0.2, 0.25) is 0 Å². The minimum absolute atomic E-state index is 0.536. The standard InChI is InChI=1S/C11H16O4/c12-8(13)10-2-1-3-11(6-4-10,7-5-10)9(14)15/h1-7H2,(H,12,13)(H,14,15). The summed E-state index contributed by atoms with van der Waals surface area (Å²) in [6.45, 7) is 0. The van der Waals surface area contributed by atoms with Crippen LogP contribution < -0.4 is 0 Å². The Labute approximate surface area is 88.3 Å². The summed E-state index contributed by atoms with van der Waals surface area (Å²) < 4.78 is 0. The second-order valence-electron chi connectivity index (χ2n) is 5.02. The second kappa shape index (κ2) is 3.22. The molecule has 2 N–H and O–H groups in total. The fourth-order valence-electron chi connectivity index (χ4n) is 3.11. The lowest BCUT2D eigenvalue weighted by Crippen LogP contribution is -2.39. The summed E-state index contributed by atoms with van der Waals surface area (Å²) in [4.78, 5) is 22.4. The Morgan fingerprint density at radius 1 is 0.733 bits per heavy atom. The highest BCUT2D eigenvalue weighted by atomic mass is 16.4. The number of hydrogen-bond donors (Lipinski definition) is 2. The van der Waals surface area contributed by atoms with E-state index in [1.807, 2.05) is 0 Å². The number of hydrogen-bond acceptors (Lipinski definition) is 2. The molecule has 0 saturated heterocycles. The topological polar surface area (TPSA) is 74.6 Å². The molecule has 3 fully saturated rings. The largest absolute Gasteiger partial charge is 0.481 e. The Bertz CT molecular complexity index is 270. The van der Waals surface area contributed by atoms with Gasteiger partial charge < -0.3 is 10.2 Å². The molecular weight excluding hydrogens is 196 g/mol. The van der Waals surface area contributed by atoms with Crippen LogP contribution in [0.2, 0.25) is 0 Å². The van der Waals surface area contributed by atoms with E-state index in [4.69, 9.17) is 0 Å². The van der Waals surface area contributed by atoms with Gasteiger partial charge in [0.25, 0.3) is 0 Å². The molecule has 0 aromatic carbocycles. The molecule has 3 saturated carbocycles. The summed E-state index contributed by atoms with van der Waals surface area (Å²) in [5, 5.41) is 18.4. The van der Waals surface area contributed by atoms with Crippen molar-refractivity contribution in [3.05, 3.63) is 0 Å². The van der Waals surface area contributed by atoms with Gasteiger partial charge in [-0.05, 0) is 38.5 Å². The van der Waals surface area contributed by atoms with Gasteiger partial charge in [0.1, 0.15) is 0 Å². The molecule has 0 amide bonds. The molecule has 0 aliphatic heterocycles. The molecule has 0 radical (unpaired) electrons. The molecule has 3 aliphatic carbocycles. The number of carboxylic acid groups (broad SMARTS) is 2. The first-order valence-electron chi connectivity index (χ1n) is 5.48. The normalized spacial score (nSPS) is 39.7. The van der Waals surface area contributed by atoms with Crippen LogP contribution >= 0.6 is 0 Å².